The highest BCUT2D eigenvalue weighted by molar-refractivity contribution is 5.96. The molecule has 1 amide bonds. The van der Waals surface area contributed by atoms with Crippen LogP contribution in [0.2, 0.25) is 0 Å². The Balaban J connectivity index is 1.97. The first-order chi connectivity index (χ1) is 13.4. The van der Waals surface area contributed by atoms with Crippen LogP contribution < -0.4 is 15.2 Å². The summed E-state index contributed by atoms with van der Waals surface area (Å²) in [6.07, 6.45) is 1.57. The van der Waals surface area contributed by atoms with Crippen LogP contribution in [0.1, 0.15) is 21.6 Å². The van der Waals surface area contributed by atoms with Gasteiger partial charge in [0.2, 0.25) is 0 Å². The van der Waals surface area contributed by atoms with E-state index in [4.69, 9.17) is 15.2 Å². The van der Waals surface area contributed by atoms with Gasteiger partial charge in [0.25, 0.3) is 5.91 Å². The molecule has 3 rings (SSSR count). The molecule has 8 heteroatoms. The minimum absolute atomic E-state index is 0.0491. The van der Waals surface area contributed by atoms with E-state index in [1.165, 1.54) is 44.8 Å². The molecule has 0 unspecified atom stereocenters. The summed E-state index contributed by atoms with van der Waals surface area (Å²) >= 11 is 0. The number of aromatic nitrogens is 2. The fraction of sp³-hybridized carbons (Fsp3) is 0.150. The molecule has 1 heterocycles. The average Bonchev–Trinajstić information content (AvgIpc) is 2.67. The molecule has 28 heavy (non-hydrogen) atoms. The first kappa shape index (κ1) is 19.2. The lowest BCUT2D eigenvalue weighted by atomic mass is 10.0. The first-order valence-corrected chi connectivity index (χ1v) is 8.24. The van der Waals surface area contributed by atoms with Crippen LogP contribution in [0.15, 0.2) is 42.7 Å². The number of nitrogens with zero attached hydrogens (tertiary/aromatic N) is 2. The van der Waals surface area contributed by atoms with Crippen molar-refractivity contribution in [3.8, 4) is 22.8 Å². The molecular weight excluding hydrogens is 368 g/mol. The number of hydrogen-bond donors (Lipinski definition) is 1. The topological polar surface area (TPSA) is 87.3 Å². The first-order valence-electron chi connectivity index (χ1n) is 8.24. The van der Waals surface area contributed by atoms with Gasteiger partial charge in [-0.05, 0) is 35.9 Å². The smallest absolute Gasteiger partial charge is 0.252 e. The number of rotatable bonds is 6. The van der Waals surface area contributed by atoms with Crippen LogP contribution in [0.4, 0.5) is 8.78 Å². The van der Waals surface area contributed by atoms with E-state index in [1.54, 1.807) is 12.1 Å². The van der Waals surface area contributed by atoms with Gasteiger partial charge in [0.05, 0.1) is 25.5 Å². The number of nitrogens with two attached hydrogens (primary N) is 1. The van der Waals surface area contributed by atoms with Crippen LogP contribution in [0, 0.1) is 11.6 Å². The Morgan fingerprint density at radius 3 is 2.54 bits per heavy atom. The Bertz CT molecular complexity index is 1040. The zero-order valence-electron chi connectivity index (χ0n) is 15.2. The fourth-order valence-electron chi connectivity index (χ4n) is 2.87. The molecule has 144 valence electrons. The highest BCUT2D eigenvalue weighted by atomic mass is 19.1. The summed E-state index contributed by atoms with van der Waals surface area (Å²) in [5.74, 6) is -1.78. The highest BCUT2D eigenvalue weighted by Crippen LogP contribution is 2.30. The fourth-order valence-corrected chi connectivity index (χ4v) is 2.87. The van der Waals surface area contributed by atoms with Crippen LogP contribution in [0.3, 0.4) is 0 Å². The number of amides is 1. The molecule has 2 N–H and O–H groups in total. The number of primary amides is 1. The van der Waals surface area contributed by atoms with Crippen molar-refractivity contribution < 1.29 is 23.0 Å². The Kier molecular flexibility index (Phi) is 5.49. The van der Waals surface area contributed by atoms with Gasteiger partial charge in [-0.2, -0.15) is 0 Å². The van der Waals surface area contributed by atoms with Crippen molar-refractivity contribution in [2.24, 2.45) is 5.73 Å². The van der Waals surface area contributed by atoms with Crippen LogP contribution in [-0.4, -0.2) is 30.1 Å². The van der Waals surface area contributed by atoms with E-state index in [-0.39, 0.29) is 17.7 Å². The van der Waals surface area contributed by atoms with Gasteiger partial charge in [0.1, 0.15) is 17.9 Å². The lowest BCUT2D eigenvalue weighted by Gasteiger charge is -2.11. The maximum Gasteiger partial charge on any atom is 0.252 e. The molecule has 0 saturated heterocycles. The number of halogens is 2. The zero-order chi connectivity index (χ0) is 20.3. The van der Waals surface area contributed by atoms with Gasteiger partial charge in [0, 0.05) is 23.7 Å². The minimum atomic E-state index is -0.794. The average molecular weight is 385 g/mol. The molecule has 0 aliphatic carbocycles. The second-order valence-corrected chi connectivity index (χ2v) is 5.94. The van der Waals surface area contributed by atoms with Crippen LogP contribution in [0.25, 0.3) is 11.3 Å². The summed E-state index contributed by atoms with van der Waals surface area (Å²) in [6.45, 7) is 0. The molecule has 2 aromatic carbocycles. The quantitative estimate of drug-likeness (QED) is 0.704. The van der Waals surface area contributed by atoms with E-state index >= 15 is 0 Å². The number of ether oxygens (including phenoxy) is 2. The van der Waals surface area contributed by atoms with Gasteiger partial charge in [0.15, 0.2) is 11.6 Å². The Hall–Kier alpha value is -3.55. The monoisotopic (exact) mass is 385 g/mol. The van der Waals surface area contributed by atoms with Crippen LogP contribution >= 0.6 is 0 Å². The minimum Gasteiger partial charge on any atom is -0.496 e. The van der Waals surface area contributed by atoms with Crippen LogP contribution in [0.5, 0.6) is 11.5 Å². The van der Waals surface area contributed by atoms with Gasteiger partial charge in [-0.1, -0.05) is 0 Å². The van der Waals surface area contributed by atoms with E-state index in [1.807, 2.05) is 0 Å². The second kappa shape index (κ2) is 7.99. The maximum atomic E-state index is 14.2. The molecule has 6 nitrogen and oxygen atoms in total. The molecule has 0 atom stereocenters. The summed E-state index contributed by atoms with van der Waals surface area (Å²) < 4.78 is 37.8. The van der Waals surface area contributed by atoms with Crippen molar-refractivity contribution in [1.82, 2.24) is 9.97 Å². The normalized spacial score (nSPS) is 10.6. The third-order valence-corrected chi connectivity index (χ3v) is 4.12. The molecule has 0 spiro atoms. The molecule has 0 saturated carbocycles. The van der Waals surface area contributed by atoms with E-state index < -0.39 is 17.5 Å². The lowest BCUT2D eigenvalue weighted by Crippen LogP contribution is -2.14. The van der Waals surface area contributed by atoms with E-state index in [2.05, 4.69) is 9.97 Å². The van der Waals surface area contributed by atoms with E-state index in [0.29, 0.717) is 28.3 Å². The molecular formula is C20H17F2N3O3. The maximum absolute atomic E-state index is 14.2. The number of carbonyl (C=O) groups excluding carboxylic acids is 1. The predicted octanol–water partition coefficient (Wildman–Crippen LogP) is 3.13. The van der Waals surface area contributed by atoms with Crippen molar-refractivity contribution in [3.05, 3.63) is 71.2 Å². The standard InChI is InChI=1S/C20H17F2N3O3/c1-27-18-8-12(21)3-4-14(18)17-9-13(24-10-25-17)5-11-6-15(20(23)26)19(28-2)16(22)7-11/h3-4,6-10H,5H2,1-2H3,(H2,23,26). The number of benzene rings is 2. The molecule has 0 radical (unpaired) electrons. The van der Waals surface area contributed by atoms with E-state index in [0.717, 1.165) is 0 Å². The van der Waals surface area contributed by atoms with Crippen molar-refractivity contribution >= 4 is 5.91 Å². The molecule has 0 aliphatic rings. The molecule has 1 aromatic heterocycles. The van der Waals surface area contributed by atoms with Gasteiger partial charge in [-0.15, -0.1) is 0 Å². The summed E-state index contributed by atoms with van der Waals surface area (Å²) in [4.78, 5) is 20.0. The van der Waals surface area contributed by atoms with Gasteiger partial charge in [-0.25, -0.2) is 18.7 Å². The van der Waals surface area contributed by atoms with E-state index in [9.17, 15) is 13.6 Å². The Labute approximate surface area is 160 Å². The summed E-state index contributed by atoms with van der Waals surface area (Å²) in [5, 5.41) is 0. The third-order valence-electron chi connectivity index (χ3n) is 4.12. The SMILES string of the molecule is COc1cc(F)ccc1-c1cc(Cc2cc(F)c(OC)c(C(N)=O)c2)ncn1. The van der Waals surface area contributed by atoms with Gasteiger partial charge in [-0.3, -0.25) is 4.79 Å². The molecule has 3 aromatic rings. The summed E-state index contributed by atoms with van der Waals surface area (Å²) in [7, 11) is 2.70. The highest BCUT2D eigenvalue weighted by Gasteiger charge is 2.17. The van der Waals surface area contributed by atoms with Gasteiger partial charge >= 0.3 is 0 Å². The number of methoxy groups -OCH3 is 2. The predicted molar refractivity (Wildman–Crippen MR) is 98.3 cm³/mol. The van der Waals surface area contributed by atoms with Crippen molar-refractivity contribution in [2.75, 3.05) is 14.2 Å². The molecule has 0 aliphatic heterocycles. The lowest BCUT2D eigenvalue weighted by molar-refractivity contribution is 0.0996. The molecule has 0 bridgehead atoms. The van der Waals surface area contributed by atoms with Crippen LogP contribution in [-0.2, 0) is 6.42 Å². The second-order valence-electron chi connectivity index (χ2n) is 5.94. The summed E-state index contributed by atoms with van der Waals surface area (Å²) in [5.41, 5.74) is 7.42. The Morgan fingerprint density at radius 2 is 1.86 bits per heavy atom. The number of carbonyl (C=O) groups is 1. The van der Waals surface area contributed by atoms with Crippen molar-refractivity contribution in [2.45, 2.75) is 6.42 Å². The van der Waals surface area contributed by atoms with Gasteiger partial charge < -0.3 is 15.2 Å². The number of hydrogen-bond acceptors (Lipinski definition) is 5. The zero-order valence-corrected chi connectivity index (χ0v) is 15.2. The summed E-state index contributed by atoms with van der Waals surface area (Å²) in [6, 6.07) is 8.52. The molecule has 0 fully saturated rings. The van der Waals surface area contributed by atoms with Crippen molar-refractivity contribution in [3.63, 3.8) is 0 Å². The largest absolute Gasteiger partial charge is 0.496 e. The van der Waals surface area contributed by atoms with Crippen molar-refractivity contribution in [1.29, 1.82) is 0 Å². The Morgan fingerprint density at radius 1 is 1.07 bits per heavy atom. The third kappa shape index (κ3) is 3.90.